The third-order valence-electron chi connectivity index (χ3n) is 3.82. The first kappa shape index (κ1) is 18.9. The van der Waals surface area contributed by atoms with E-state index in [2.05, 4.69) is 15.2 Å². The molecule has 2 aromatic carbocycles. The van der Waals surface area contributed by atoms with Crippen LogP contribution >= 0.6 is 23.1 Å². The van der Waals surface area contributed by atoms with E-state index >= 15 is 0 Å². The lowest BCUT2D eigenvalue weighted by molar-refractivity contribution is -0.380. The van der Waals surface area contributed by atoms with Crippen LogP contribution < -0.4 is 10.4 Å². The van der Waals surface area contributed by atoms with E-state index < -0.39 is 10.6 Å². The smallest absolute Gasteiger partial charge is 0.348 e. The van der Waals surface area contributed by atoms with E-state index in [1.165, 1.54) is 10.8 Å². The van der Waals surface area contributed by atoms with Gasteiger partial charge >= 0.3 is 10.7 Å². The van der Waals surface area contributed by atoms with E-state index in [4.69, 9.17) is 4.74 Å². The van der Waals surface area contributed by atoms with Gasteiger partial charge in [0, 0.05) is 0 Å². The highest BCUT2D eigenvalue weighted by Crippen LogP contribution is 2.33. The number of aromatic amines is 1. The fourth-order valence-electron chi connectivity index (χ4n) is 2.47. The van der Waals surface area contributed by atoms with Crippen LogP contribution in [0.1, 0.15) is 5.56 Å². The minimum Gasteiger partial charge on any atom is -0.489 e. The zero-order chi connectivity index (χ0) is 20.2. The molecule has 2 heterocycles. The van der Waals surface area contributed by atoms with Crippen LogP contribution in [-0.2, 0) is 6.61 Å². The summed E-state index contributed by atoms with van der Waals surface area (Å²) in [5.74, 6) is 0.666. The minimum atomic E-state index is -0.506. The molecule has 1 N–H and O–H groups in total. The average Bonchev–Trinajstić information content (AvgIpc) is 3.35. The van der Waals surface area contributed by atoms with Crippen LogP contribution in [0.5, 0.6) is 5.75 Å². The second-order valence-corrected chi connectivity index (χ2v) is 7.96. The molecule has 0 aliphatic carbocycles. The van der Waals surface area contributed by atoms with E-state index in [0.717, 1.165) is 28.7 Å². The molecule has 4 rings (SSSR count). The summed E-state index contributed by atoms with van der Waals surface area (Å²) < 4.78 is 7.55. The standard InChI is InChI=1S/C18H13N5O4S2/c24-16-20-21-17(29-18-19-10-15(28-18)23(25)26)22(16)13-6-8-14(9-7-13)27-11-12-4-2-1-3-5-12/h1-10H,11H2,(H,20,24). The number of rotatable bonds is 7. The van der Waals surface area contributed by atoms with Gasteiger partial charge in [0.25, 0.3) is 0 Å². The zero-order valence-corrected chi connectivity index (χ0v) is 16.4. The molecular weight excluding hydrogens is 414 g/mol. The molecule has 4 aromatic rings. The molecule has 0 aliphatic rings. The van der Waals surface area contributed by atoms with Gasteiger partial charge in [-0.15, -0.1) is 5.10 Å². The summed E-state index contributed by atoms with van der Waals surface area (Å²) in [5.41, 5.74) is 1.22. The maximum absolute atomic E-state index is 12.2. The molecule has 0 radical (unpaired) electrons. The van der Waals surface area contributed by atoms with Crippen molar-refractivity contribution in [2.75, 3.05) is 0 Å². The van der Waals surface area contributed by atoms with Gasteiger partial charge in [-0.2, -0.15) is 0 Å². The average molecular weight is 427 g/mol. The van der Waals surface area contributed by atoms with Gasteiger partial charge < -0.3 is 4.74 Å². The quantitative estimate of drug-likeness (QED) is 0.353. The van der Waals surface area contributed by atoms with E-state index in [1.54, 1.807) is 24.3 Å². The van der Waals surface area contributed by atoms with Crippen molar-refractivity contribution < 1.29 is 9.66 Å². The summed E-state index contributed by atoms with van der Waals surface area (Å²) in [6.07, 6.45) is 1.18. The summed E-state index contributed by atoms with van der Waals surface area (Å²) in [5, 5.41) is 17.5. The highest BCUT2D eigenvalue weighted by atomic mass is 32.2. The van der Waals surface area contributed by atoms with Crippen LogP contribution in [0, 0.1) is 10.1 Å². The summed E-state index contributed by atoms with van der Waals surface area (Å²) in [6.45, 7) is 0.440. The van der Waals surface area contributed by atoms with Gasteiger partial charge in [0.05, 0.1) is 10.6 Å². The maximum Gasteiger partial charge on any atom is 0.348 e. The van der Waals surface area contributed by atoms with Gasteiger partial charge in [0.1, 0.15) is 18.6 Å². The lowest BCUT2D eigenvalue weighted by atomic mass is 10.2. The first-order chi connectivity index (χ1) is 14.1. The van der Waals surface area contributed by atoms with Crippen LogP contribution in [-0.4, -0.2) is 24.7 Å². The van der Waals surface area contributed by atoms with Gasteiger partial charge in [-0.1, -0.05) is 30.3 Å². The fraction of sp³-hybridized carbons (Fsp3) is 0.0556. The summed E-state index contributed by atoms with van der Waals surface area (Å²) in [7, 11) is 0. The van der Waals surface area contributed by atoms with Crippen molar-refractivity contribution in [1.82, 2.24) is 19.7 Å². The number of aromatic nitrogens is 4. The van der Waals surface area contributed by atoms with Gasteiger partial charge in [-0.25, -0.2) is 19.4 Å². The Labute approximate surface area is 172 Å². The number of nitrogens with one attached hydrogen (secondary N) is 1. The van der Waals surface area contributed by atoms with Gasteiger partial charge in [-0.05, 0) is 52.9 Å². The molecule has 0 unspecified atom stereocenters. The zero-order valence-electron chi connectivity index (χ0n) is 14.7. The predicted octanol–water partition coefficient (Wildman–Crippen LogP) is 3.66. The van der Waals surface area contributed by atoms with Crippen LogP contribution in [0.4, 0.5) is 5.00 Å². The van der Waals surface area contributed by atoms with E-state index in [0.29, 0.717) is 27.5 Å². The Hall–Kier alpha value is -3.44. The third kappa shape index (κ3) is 4.36. The molecule has 146 valence electrons. The Kier molecular flexibility index (Phi) is 5.40. The Morgan fingerprint density at radius 1 is 1.17 bits per heavy atom. The monoisotopic (exact) mass is 427 g/mol. The maximum atomic E-state index is 12.2. The van der Waals surface area contributed by atoms with Gasteiger partial charge in [-0.3, -0.25) is 10.1 Å². The highest BCUT2D eigenvalue weighted by molar-refractivity contribution is 8.00. The van der Waals surface area contributed by atoms with Crippen molar-refractivity contribution in [2.24, 2.45) is 0 Å². The first-order valence-electron chi connectivity index (χ1n) is 8.33. The summed E-state index contributed by atoms with van der Waals surface area (Å²) in [4.78, 5) is 26.5. The van der Waals surface area contributed by atoms with E-state index in [1.807, 2.05) is 30.3 Å². The summed E-state index contributed by atoms with van der Waals surface area (Å²) in [6, 6.07) is 16.8. The largest absolute Gasteiger partial charge is 0.489 e. The SMILES string of the molecule is O=c1[nH]nc(Sc2ncc([N+](=O)[O-])s2)n1-c1ccc(OCc2ccccc2)cc1. The predicted molar refractivity (Wildman–Crippen MR) is 108 cm³/mol. The number of hydrogen-bond donors (Lipinski definition) is 1. The second-order valence-electron chi connectivity index (χ2n) is 5.74. The number of thiazole rings is 1. The Morgan fingerprint density at radius 2 is 1.93 bits per heavy atom. The molecule has 0 atom stereocenters. The minimum absolute atomic E-state index is 0.0724. The van der Waals surface area contributed by atoms with Crippen LogP contribution in [0.25, 0.3) is 5.69 Å². The lowest BCUT2D eigenvalue weighted by Gasteiger charge is -2.08. The molecule has 9 nitrogen and oxygen atoms in total. The Bertz CT molecular complexity index is 1180. The molecule has 0 amide bonds. The van der Waals surface area contributed by atoms with Crippen LogP contribution in [0.3, 0.4) is 0 Å². The molecule has 0 saturated carbocycles. The normalized spacial score (nSPS) is 10.8. The van der Waals surface area contributed by atoms with Gasteiger partial charge in [0.2, 0.25) is 5.16 Å². The molecule has 11 heteroatoms. The van der Waals surface area contributed by atoms with E-state index in [9.17, 15) is 14.9 Å². The second kappa shape index (κ2) is 8.29. The van der Waals surface area contributed by atoms with Crippen molar-refractivity contribution in [1.29, 1.82) is 0 Å². The number of H-pyrrole nitrogens is 1. The number of ether oxygens (including phenoxy) is 1. The topological polar surface area (TPSA) is 116 Å². The fourth-order valence-corrected chi connectivity index (χ4v) is 4.21. The van der Waals surface area contributed by atoms with Crippen molar-refractivity contribution in [3.63, 3.8) is 0 Å². The Balaban J connectivity index is 1.51. The number of nitrogens with zero attached hydrogens (tertiary/aromatic N) is 4. The molecule has 0 saturated heterocycles. The van der Waals surface area contributed by atoms with Gasteiger partial charge in [0.15, 0.2) is 4.34 Å². The number of benzene rings is 2. The molecule has 29 heavy (non-hydrogen) atoms. The molecule has 0 fully saturated rings. The van der Waals surface area contributed by atoms with Crippen molar-refractivity contribution in [3.8, 4) is 11.4 Å². The number of hydrogen-bond acceptors (Lipinski definition) is 8. The van der Waals surface area contributed by atoms with Crippen LogP contribution in [0.2, 0.25) is 0 Å². The Morgan fingerprint density at radius 3 is 2.62 bits per heavy atom. The molecule has 0 bridgehead atoms. The molecule has 0 spiro atoms. The first-order valence-corrected chi connectivity index (χ1v) is 9.96. The van der Waals surface area contributed by atoms with Crippen molar-refractivity contribution >= 4 is 28.1 Å². The molecule has 0 aliphatic heterocycles. The molecule has 2 aromatic heterocycles. The third-order valence-corrected chi connectivity index (χ3v) is 5.80. The van der Waals surface area contributed by atoms with Crippen molar-refractivity contribution in [2.45, 2.75) is 16.1 Å². The highest BCUT2D eigenvalue weighted by Gasteiger charge is 2.17. The number of nitro groups is 1. The van der Waals surface area contributed by atoms with Crippen molar-refractivity contribution in [3.05, 3.63) is 87.0 Å². The van der Waals surface area contributed by atoms with E-state index in [-0.39, 0.29) is 5.00 Å². The summed E-state index contributed by atoms with van der Waals surface area (Å²) >= 11 is 1.99. The molecular formula is C18H13N5O4S2. The van der Waals surface area contributed by atoms with Crippen LogP contribution in [0.15, 0.2) is 75.1 Å². The lowest BCUT2D eigenvalue weighted by Crippen LogP contribution is -2.15.